The molecule has 2 rings (SSSR count). The second-order valence-electron chi connectivity index (χ2n) is 6.18. The van der Waals surface area contributed by atoms with Gasteiger partial charge in [0.1, 0.15) is 5.75 Å². The second-order valence-corrected chi connectivity index (χ2v) is 6.18. The van der Waals surface area contributed by atoms with Gasteiger partial charge in [0.2, 0.25) is 0 Å². The molecule has 0 saturated heterocycles. The van der Waals surface area contributed by atoms with Gasteiger partial charge in [-0.15, -0.1) is 0 Å². The third kappa shape index (κ3) is 4.88. The van der Waals surface area contributed by atoms with Crippen molar-refractivity contribution in [2.45, 2.75) is 51.7 Å². The highest BCUT2D eigenvalue weighted by molar-refractivity contribution is 5.78. The summed E-state index contributed by atoms with van der Waals surface area (Å²) in [6.07, 6.45) is -3.01. The number of halogens is 3. The summed E-state index contributed by atoms with van der Waals surface area (Å²) >= 11 is 0. The predicted octanol–water partition coefficient (Wildman–Crippen LogP) is 3.92. The van der Waals surface area contributed by atoms with Crippen LogP contribution in [-0.2, 0) is 4.79 Å². The van der Waals surface area contributed by atoms with E-state index in [4.69, 9.17) is 4.74 Å². The van der Waals surface area contributed by atoms with E-state index in [1.165, 1.54) is 0 Å². The molecule has 0 radical (unpaired) electrons. The summed E-state index contributed by atoms with van der Waals surface area (Å²) in [5, 5.41) is 2.67. The Hall–Kier alpha value is -1.72. The summed E-state index contributed by atoms with van der Waals surface area (Å²) in [6, 6.07) is 5.24. The lowest BCUT2D eigenvalue weighted by Crippen LogP contribution is -2.43. The molecular weight excluding hydrogens is 307 g/mol. The zero-order chi connectivity index (χ0) is 17.0. The quantitative estimate of drug-likeness (QED) is 0.909. The van der Waals surface area contributed by atoms with Gasteiger partial charge >= 0.3 is 6.18 Å². The topological polar surface area (TPSA) is 38.3 Å². The van der Waals surface area contributed by atoms with Crippen molar-refractivity contribution in [2.24, 2.45) is 5.92 Å². The van der Waals surface area contributed by atoms with E-state index in [-0.39, 0.29) is 25.4 Å². The van der Waals surface area contributed by atoms with E-state index >= 15 is 0 Å². The Morgan fingerprint density at radius 1 is 1.26 bits per heavy atom. The van der Waals surface area contributed by atoms with E-state index in [0.717, 1.165) is 11.1 Å². The zero-order valence-corrected chi connectivity index (χ0v) is 13.4. The first kappa shape index (κ1) is 17.6. The summed E-state index contributed by atoms with van der Waals surface area (Å²) in [7, 11) is 0. The molecule has 0 bridgehead atoms. The van der Waals surface area contributed by atoms with Gasteiger partial charge in [-0.3, -0.25) is 4.79 Å². The van der Waals surface area contributed by atoms with Crippen LogP contribution in [0, 0.1) is 19.8 Å². The van der Waals surface area contributed by atoms with Crippen LogP contribution in [0.4, 0.5) is 13.2 Å². The van der Waals surface area contributed by atoms with E-state index in [0.29, 0.717) is 18.6 Å². The highest BCUT2D eigenvalue weighted by Crippen LogP contribution is 2.37. The summed E-state index contributed by atoms with van der Waals surface area (Å²) in [6.45, 7) is 3.59. The fraction of sp³-hybridized carbons (Fsp3) is 0.588. The predicted molar refractivity (Wildman–Crippen MR) is 81.4 cm³/mol. The number of amides is 1. The number of hydrogen-bond acceptors (Lipinski definition) is 2. The Balaban J connectivity index is 1.85. The van der Waals surface area contributed by atoms with E-state index in [1.807, 2.05) is 32.0 Å². The summed E-state index contributed by atoms with van der Waals surface area (Å²) in [4.78, 5) is 11.9. The van der Waals surface area contributed by atoms with Crippen molar-refractivity contribution >= 4 is 5.91 Å². The van der Waals surface area contributed by atoms with Crippen LogP contribution < -0.4 is 10.1 Å². The third-order valence-corrected chi connectivity index (χ3v) is 4.26. The number of ether oxygens (including phenoxy) is 1. The number of para-hydroxylation sites is 1. The molecule has 0 heterocycles. The van der Waals surface area contributed by atoms with Crippen LogP contribution in [0.15, 0.2) is 18.2 Å². The van der Waals surface area contributed by atoms with Gasteiger partial charge in [0.15, 0.2) is 6.61 Å². The smallest absolute Gasteiger partial charge is 0.391 e. The van der Waals surface area contributed by atoms with Crippen LogP contribution in [0.5, 0.6) is 5.75 Å². The van der Waals surface area contributed by atoms with E-state index in [1.54, 1.807) is 0 Å². The number of benzene rings is 1. The molecule has 0 aliphatic heterocycles. The van der Waals surface area contributed by atoms with Gasteiger partial charge in [-0.1, -0.05) is 24.6 Å². The lowest BCUT2D eigenvalue weighted by Gasteiger charge is -2.31. The Kier molecular flexibility index (Phi) is 5.55. The first-order valence-corrected chi connectivity index (χ1v) is 7.82. The van der Waals surface area contributed by atoms with Crippen molar-refractivity contribution in [1.82, 2.24) is 5.32 Å². The Bertz CT molecular complexity index is 537. The van der Waals surface area contributed by atoms with Crippen LogP contribution in [0.25, 0.3) is 0 Å². The third-order valence-electron chi connectivity index (χ3n) is 4.26. The minimum absolute atomic E-state index is 0.0430. The lowest BCUT2D eigenvalue weighted by molar-refractivity contribution is -0.184. The number of carbonyl (C=O) groups is 1. The number of carbonyl (C=O) groups excluding carboxylic acids is 1. The largest absolute Gasteiger partial charge is 0.483 e. The molecule has 1 N–H and O–H groups in total. The average Bonchev–Trinajstić information content (AvgIpc) is 2.46. The van der Waals surface area contributed by atoms with Gasteiger partial charge in [-0.2, -0.15) is 13.2 Å². The van der Waals surface area contributed by atoms with Crippen LogP contribution in [0.2, 0.25) is 0 Å². The number of nitrogens with one attached hydrogen (secondary N) is 1. The first-order valence-electron chi connectivity index (χ1n) is 7.82. The number of aryl methyl sites for hydroxylation is 2. The van der Waals surface area contributed by atoms with Gasteiger partial charge in [0.25, 0.3) is 5.91 Å². The monoisotopic (exact) mass is 329 g/mol. The van der Waals surface area contributed by atoms with Crippen molar-refractivity contribution in [3.63, 3.8) is 0 Å². The van der Waals surface area contributed by atoms with Gasteiger partial charge in [-0.25, -0.2) is 0 Å². The molecule has 3 nitrogen and oxygen atoms in total. The highest BCUT2D eigenvalue weighted by atomic mass is 19.4. The highest BCUT2D eigenvalue weighted by Gasteiger charge is 2.42. The van der Waals surface area contributed by atoms with Crippen LogP contribution >= 0.6 is 0 Å². The second kappa shape index (κ2) is 7.23. The van der Waals surface area contributed by atoms with Gasteiger partial charge in [0, 0.05) is 6.04 Å². The molecule has 1 amide bonds. The van der Waals surface area contributed by atoms with Crippen molar-refractivity contribution < 1.29 is 22.7 Å². The van der Waals surface area contributed by atoms with Crippen molar-refractivity contribution in [3.05, 3.63) is 29.3 Å². The molecule has 6 heteroatoms. The molecule has 2 atom stereocenters. The molecular formula is C17H22F3NO2. The van der Waals surface area contributed by atoms with E-state index in [2.05, 4.69) is 5.32 Å². The lowest BCUT2D eigenvalue weighted by atomic mass is 9.85. The van der Waals surface area contributed by atoms with Gasteiger partial charge < -0.3 is 10.1 Å². The summed E-state index contributed by atoms with van der Waals surface area (Å²) in [5.41, 5.74) is 1.85. The van der Waals surface area contributed by atoms with Crippen molar-refractivity contribution in [1.29, 1.82) is 0 Å². The Labute approximate surface area is 134 Å². The molecule has 23 heavy (non-hydrogen) atoms. The van der Waals surface area contributed by atoms with E-state index < -0.39 is 18.1 Å². The summed E-state index contributed by atoms with van der Waals surface area (Å²) in [5.74, 6) is -1.04. The van der Waals surface area contributed by atoms with Crippen LogP contribution in [0.1, 0.15) is 36.8 Å². The molecule has 128 valence electrons. The van der Waals surface area contributed by atoms with Gasteiger partial charge in [-0.05, 0) is 44.2 Å². The summed E-state index contributed by atoms with van der Waals surface area (Å²) < 4.78 is 43.8. The molecule has 0 spiro atoms. The first-order chi connectivity index (χ1) is 10.8. The van der Waals surface area contributed by atoms with Crippen LogP contribution in [-0.4, -0.2) is 24.7 Å². The Morgan fingerprint density at radius 2 is 1.91 bits per heavy atom. The number of hydrogen-bond donors (Lipinski definition) is 1. The Morgan fingerprint density at radius 3 is 2.52 bits per heavy atom. The molecule has 1 saturated carbocycles. The molecule has 1 aromatic carbocycles. The van der Waals surface area contributed by atoms with Gasteiger partial charge in [0.05, 0.1) is 5.92 Å². The standard InChI is InChI=1S/C17H22F3NO2/c1-11-5-3-6-12(2)16(11)23-10-15(22)21-14-8-4-7-13(9-14)17(18,19)20/h3,5-6,13-14H,4,7-10H2,1-2H3,(H,21,22). The number of rotatable bonds is 4. The number of alkyl halides is 3. The fourth-order valence-electron chi connectivity index (χ4n) is 3.05. The minimum atomic E-state index is -4.18. The normalized spacial score (nSPS) is 21.8. The van der Waals surface area contributed by atoms with Crippen molar-refractivity contribution in [2.75, 3.05) is 6.61 Å². The molecule has 0 aromatic heterocycles. The molecule has 1 aromatic rings. The molecule has 2 unspecified atom stereocenters. The molecule has 1 fully saturated rings. The SMILES string of the molecule is Cc1cccc(C)c1OCC(=O)NC1CCCC(C(F)(F)F)C1. The van der Waals surface area contributed by atoms with Crippen molar-refractivity contribution in [3.8, 4) is 5.75 Å². The fourth-order valence-corrected chi connectivity index (χ4v) is 3.05. The minimum Gasteiger partial charge on any atom is -0.483 e. The van der Waals surface area contributed by atoms with E-state index in [9.17, 15) is 18.0 Å². The maximum atomic E-state index is 12.8. The molecule has 1 aliphatic rings. The average molecular weight is 329 g/mol. The maximum absolute atomic E-state index is 12.8. The van der Waals surface area contributed by atoms with Crippen LogP contribution in [0.3, 0.4) is 0 Å². The maximum Gasteiger partial charge on any atom is 0.391 e. The molecule has 1 aliphatic carbocycles. The zero-order valence-electron chi connectivity index (χ0n) is 13.4.